The number of piperidine rings is 1. The molecule has 5 nitrogen and oxygen atoms in total. The zero-order chi connectivity index (χ0) is 15.2. The quantitative estimate of drug-likeness (QED) is 0.700. The maximum absolute atomic E-state index is 4.82. The highest BCUT2D eigenvalue weighted by molar-refractivity contribution is 5.93. The molecule has 0 spiro atoms. The number of aromatic nitrogens is 2. The summed E-state index contributed by atoms with van der Waals surface area (Å²) >= 11 is 0. The van der Waals surface area contributed by atoms with Crippen LogP contribution in [0.3, 0.4) is 0 Å². The lowest BCUT2D eigenvalue weighted by molar-refractivity contribution is 0.340. The Balaban J connectivity index is 1.77. The van der Waals surface area contributed by atoms with Crippen molar-refractivity contribution in [2.24, 2.45) is 12.0 Å². The number of imidazole rings is 1. The van der Waals surface area contributed by atoms with Crippen molar-refractivity contribution in [3.05, 3.63) is 48.5 Å². The van der Waals surface area contributed by atoms with Gasteiger partial charge in [0.15, 0.2) is 5.96 Å². The maximum Gasteiger partial charge on any atom is 0.198 e. The molecule has 0 saturated carbocycles. The molecule has 3 rings (SSSR count). The van der Waals surface area contributed by atoms with E-state index in [0.717, 1.165) is 30.4 Å². The molecule has 0 bridgehead atoms. The number of hydrogen-bond donors (Lipinski definition) is 1. The number of hydrogen-bond acceptors (Lipinski definition) is 2. The molecule has 0 atom stereocenters. The third-order valence-corrected chi connectivity index (χ3v) is 3.99. The summed E-state index contributed by atoms with van der Waals surface area (Å²) in [5, 5.41) is 3.48. The molecule has 1 aromatic carbocycles. The number of rotatable bonds is 3. The van der Waals surface area contributed by atoms with E-state index < -0.39 is 0 Å². The molecule has 0 amide bonds. The maximum atomic E-state index is 4.82. The number of nitrogens with zero attached hydrogens (tertiary/aromatic N) is 4. The summed E-state index contributed by atoms with van der Waals surface area (Å²) in [5.41, 5.74) is 2.20. The van der Waals surface area contributed by atoms with E-state index in [0.29, 0.717) is 6.54 Å². The van der Waals surface area contributed by atoms with E-state index >= 15 is 0 Å². The Morgan fingerprint density at radius 3 is 2.64 bits per heavy atom. The Hall–Kier alpha value is -2.30. The molecule has 2 heterocycles. The van der Waals surface area contributed by atoms with Crippen LogP contribution in [0.15, 0.2) is 47.8 Å². The molecule has 1 aliphatic rings. The van der Waals surface area contributed by atoms with Crippen molar-refractivity contribution in [1.29, 1.82) is 0 Å². The number of anilines is 1. The third kappa shape index (κ3) is 3.67. The first-order valence-electron chi connectivity index (χ1n) is 7.89. The van der Waals surface area contributed by atoms with Crippen molar-refractivity contribution in [2.75, 3.05) is 18.4 Å². The zero-order valence-electron chi connectivity index (χ0n) is 13.1. The van der Waals surface area contributed by atoms with Crippen molar-refractivity contribution in [2.45, 2.75) is 25.8 Å². The highest BCUT2D eigenvalue weighted by Gasteiger charge is 2.15. The molecular weight excluding hydrogens is 274 g/mol. The third-order valence-electron chi connectivity index (χ3n) is 3.99. The van der Waals surface area contributed by atoms with Gasteiger partial charge in [-0.2, -0.15) is 0 Å². The van der Waals surface area contributed by atoms with Gasteiger partial charge in [0, 0.05) is 25.8 Å². The number of aryl methyl sites for hydroxylation is 1. The zero-order valence-corrected chi connectivity index (χ0v) is 13.1. The van der Waals surface area contributed by atoms with E-state index in [4.69, 9.17) is 4.99 Å². The van der Waals surface area contributed by atoms with Crippen molar-refractivity contribution >= 4 is 11.6 Å². The Bertz CT molecular complexity index is 611. The minimum absolute atomic E-state index is 0.641. The number of guanidine groups is 1. The molecule has 22 heavy (non-hydrogen) atoms. The normalized spacial score (nSPS) is 15.9. The fourth-order valence-electron chi connectivity index (χ4n) is 2.67. The molecule has 0 aliphatic carbocycles. The average Bonchev–Trinajstić information content (AvgIpc) is 2.98. The fourth-order valence-corrected chi connectivity index (χ4v) is 2.67. The van der Waals surface area contributed by atoms with Gasteiger partial charge in [-0.15, -0.1) is 0 Å². The molecule has 0 radical (unpaired) electrons. The molecule has 2 aromatic rings. The van der Waals surface area contributed by atoms with E-state index in [1.54, 1.807) is 0 Å². The summed E-state index contributed by atoms with van der Waals surface area (Å²) in [6.07, 6.45) is 7.48. The highest BCUT2D eigenvalue weighted by Crippen LogP contribution is 2.13. The lowest BCUT2D eigenvalue weighted by Crippen LogP contribution is -2.40. The molecule has 1 aromatic heterocycles. The van der Waals surface area contributed by atoms with Crippen molar-refractivity contribution in [3.8, 4) is 0 Å². The smallest absolute Gasteiger partial charge is 0.198 e. The topological polar surface area (TPSA) is 45.5 Å². The molecule has 1 N–H and O–H groups in total. The Kier molecular flexibility index (Phi) is 4.73. The van der Waals surface area contributed by atoms with Crippen LogP contribution in [0.25, 0.3) is 0 Å². The second kappa shape index (κ2) is 7.11. The van der Waals surface area contributed by atoms with Gasteiger partial charge in [0.05, 0.1) is 24.8 Å². The van der Waals surface area contributed by atoms with Gasteiger partial charge in [-0.05, 0) is 31.4 Å². The number of nitrogens with one attached hydrogen (secondary N) is 1. The summed E-state index contributed by atoms with van der Waals surface area (Å²) in [6, 6.07) is 10.3. The van der Waals surface area contributed by atoms with Gasteiger partial charge in [-0.1, -0.05) is 18.2 Å². The summed E-state index contributed by atoms with van der Waals surface area (Å²) < 4.78 is 2.01. The van der Waals surface area contributed by atoms with E-state index in [1.807, 2.05) is 42.3 Å². The number of para-hydroxylation sites is 1. The van der Waals surface area contributed by atoms with Crippen LogP contribution in [0.5, 0.6) is 0 Å². The molecule has 1 fully saturated rings. The summed E-state index contributed by atoms with van der Waals surface area (Å²) in [7, 11) is 2.00. The molecule has 1 aliphatic heterocycles. The second-order valence-electron chi connectivity index (χ2n) is 5.67. The van der Waals surface area contributed by atoms with Crippen LogP contribution in [0, 0.1) is 0 Å². The molecule has 1 saturated heterocycles. The van der Waals surface area contributed by atoms with Gasteiger partial charge in [0.1, 0.15) is 0 Å². The first-order chi connectivity index (χ1) is 10.8. The highest BCUT2D eigenvalue weighted by atomic mass is 15.3. The minimum Gasteiger partial charge on any atom is -0.343 e. The Morgan fingerprint density at radius 2 is 1.95 bits per heavy atom. The van der Waals surface area contributed by atoms with E-state index in [1.165, 1.54) is 19.3 Å². The Morgan fingerprint density at radius 1 is 1.18 bits per heavy atom. The average molecular weight is 297 g/mol. The monoisotopic (exact) mass is 297 g/mol. The number of aliphatic imine (C=N–C) groups is 1. The lowest BCUT2D eigenvalue weighted by Gasteiger charge is -2.30. The van der Waals surface area contributed by atoms with Gasteiger partial charge in [-0.3, -0.25) is 0 Å². The first-order valence-corrected chi connectivity index (χ1v) is 7.89. The van der Waals surface area contributed by atoms with Crippen LogP contribution in [0.2, 0.25) is 0 Å². The van der Waals surface area contributed by atoms with Crippen LogP contribution in [-0.4, -0.2) is 33.5 Å². The van der Waals surface area contributed by atoms with Crippen LogP contribution in [0.4, 0.5) is 5.69 Å². The van der Waals surface area contributed by atoms with Crippen LogP contribution < -0.4 is 5.32 Å². The summed E-state index contributed by atoms with van der Waals surface area (Å²) in [5.74, 6) is 0.965. The predicted octanol–water partition coefficient (Wildman–Crippen LogP) is 2.87. The van der Waals surface area contributed by atoms with Crippen LogP contribution in [-0.2, 0) is 13.6 Å². The van der Waals surface area contributed by atoms with Gasteiger partial charge in [0.25, 0.3) is 0 Å². The van der Waals surface area contributed by atoms with E-state index in [2.05, 4.69) is 27.3 Å². The van der Waals surface area contributed by atoms with Crippen molar-refractivity contribution in [1.82, 2.24) is 14.5 Å². The van der Waals surface area contributed by atoms with Crippen LogP contribution >= 0.6 is 0 Å². The van der Waals surface area contributed by atoms with E-state index in [9.17, 15) is 0 Å². The lowest BCUT2D eigenvalue weighted by atomic mass is 10.1. The largest absolute Gasteiger partial charge is 0.343 e. The standard InChI is InChI=1S/C17H23N5/c1-21-14-18-12-16(21)13-19-17(22-10-6-3-7-11-22)20-15-8-4-2-5-9-15/h2,4-5,8-9,12,14H,3,6-7,10-11,13H2,1H3,(H,19,20). The fraction of sp³-hybridized carbons (Fsp3) is 0.412. The van der Waals surface area contributed by atoms with Crippen molar-refractivity contribution < 1.29 is 0 Å². The number of benzene rings is 1. The van der Waals surface area contributed by atoms with Gasteiger partial charge < -0.3 is 14.8 Å². The van der Waals surface area contributed by atoms with Crippen molar-refractivity contribution in [3.63, 3.8) is 0 Å². The molecule has 5 heteroatoms. The summed E-state index contributed by atoms with van der Waals surface area (Å²) in [6.45, 7) is 2.79. The molecule has 0 unspecified atom stereocenters. The second-order valence-corrected chi connectivity index (χ2v) is 5.67. The summed E-state index contributed by atoms with van der Waals surface area (Å²) in [4.78, 5) is 11.3. The van der Waals surface area contributed by atoms with E-state index in [-0.39, 0.29) is 0 Å². The van der Waals surface area contributed by atoms with Crippen LogP contribution in [0.1, 0.15) is 25.0 Å². The number of likely N-dealkylation sites (tertiary alicyclic amines) is 1. The first kappa shape index (κ1) is 14.6. The van der Waals surface area contributed by atoms with Gasteiger partial charge >= 0.3 is 0 Å². The predicted molar refractivity (Wildman–Crippen MR) is 89.8 cm³/mol. The molecule has 116 valence electrons. The van der Waals surface area contributed by atoms with Gasteiger partial charge in [-0.25, -0.2) is 9.98 Å². The molecular formula is C17H23N5. The van der Waals surface area contributed by atoms with Gasteiger partial charge in [0.2, 0.25) is 0 Å². The SMILES string of the molecule is Cn1cncc1CN=C(Nc1ccccc1)N1CCCCC1. The Labute approximate surface area is 131 Å². The minimum atomic E-state index is 0.641.